The van der Waals surface area contributed by atoms with E-state index in [9.17, 15) is 0 Å². The Morgan fingerprint density at radius 3 is 2.45 bits per heavy atom. The van der Waals surface area contributed by atoms with Crippen molar-refractivity contribution >= 4 is 5.69 Å². The van der Waals surface area contributed by atoms with Crippen molar-refractivity contribution in [1.29, 1.82) is 0 Å². The number of nitrogen functional groups attached to an aromatic ring is 1. The van der Waals surface area contributed by atoms with Gasteiger partial charge >= 0.3 is 0 Å². The van der Waals surface area contributed by atoms with Gasteiger partial charge in [-0.25, -0.2) is 0 Å². The number of nitrogens with zero attached hydrogens (tertiary/aromatic N) is 2. The van der Waals surface area contributed by atoms with Crippen molar-refractivity contribution in [1.82, 2.24) is 9.80 Å². The van der Waals surface area contributed by atoms with E-state index in [-0.39, 0.29) is 0 Å². The summed E-state index contributed by atoms with van der Waals surface area (Å²) in [5.74, 6) is 1.59. The van der Waals surface area contributed by atoms with Crippen LogP contribution in [0, 0.1) is 0 Å². The van der Waals surface area contributed by atoms with Crippen LogP contribution in [-0.2, 0) is 13.0 Å². The fourth-order valence-electron chi connectivity index (χ4n) is 3.80. The second kappa shape index (κ2) is 6.34. The molecular formula is C17H27N3O2. The molecule has 1 aromatic rings. The van der Waals surface area contributed by atoms with Gasteiger partial charge in [0, 0.05) is 36.4 Å². The Bertz CT molecular complexity index is 539. The Kier molecular flexibility index (Phi) is 4.45. The molecule has 2 aliphatic rings. The van der Waals surface area contributed by atoms with Gasteiger partial charge in [0.15, 0.2) is 11.5 Å². The molecule has 0 aromatic heterocycles. The zero-order chi connectivity index (χ0) is 15.7. The summed E-state index contributed by atoms with van der Waals surface area (Å²) in [4.78, 5) is 5.01. The molecule has 1 fully saturated rings. The number of piperidine rings is 1. The van der Waals surface area contributed by atoms with Gasteiger partial charge in [0.25, 0.3) is 0 Å². The lowest BCUT2D eigenvalue weighted by atomic mass is 9.93. The second-order valence-corrected chi connectivity index (χ2v) is 6.41. The lowest BCUT2D eigenvalue weighted by Gasteiger charge is -2.40. The van der Waals surface area contributed by atoms with Crippen LogP contribution < -0.4 is 15.2 Å². The first-order valence-corrected chi connectivity index (χ1v) is 8.08. The van der Waals surface area contributed by atoms with Crippen molar-refractivity contribution in [2.75, 3.05) is 46.6 Å². The van der Waals surface area contributed by atoms with Gasteiger partial charge < -0.3 is 20.1 Å². The van der Waals surface area contributed by atoms with Gasteiger partial charge in [-0.05, 0) is 45.0 Å². The fourth-order valence-corrected chi connectivity index (χ4v) is 3.80. The predicted octanol–water partition coefficient (Wildman–Crippen LogP) is 1.74. The maximum atomic E-state index is 6.22. The molecule has 5 heteroatoms. The van der Waals surface area contributed by atoms with Crippen molar-refractivity contribution in [2.45, 2.75) is 31.8 Å². The molecule has 0 atom stereocenters. The molecule has 5 nitrogen and oxygen atoms in total. The SMILES string of the molecule is COc1cc(N)c2c(c1OC)CN(C1CCN(C)CC1)CC2. The number of nitrogens with two attached hydrogens (primary N) is 1. The summed E-state index contributed by atoms with van der Waals surface area (Å²) in [7, 11) is 5.58. The summed E-state index contributed by atoms with van der Waals surface area (Å²) in [5, 5.41) is 0. The van der Waals surface area contributed by atoms with E-state index in [0.29, 0.717) is 6.04 Å². The highest BCUT2D eigenvalue weighted by molar-refractivity contribution is 5.64. The minimum Gasteiger partial charge on any atom is -0.493 e. The van der Waals surface area contributed by atoms with Crippen molar-refractivity contribution in [3.8, 4) is 11.5 Å². The molecule has 122 valence electrons. The van der Waals surface area contributed by atoms with Crippen molar-refractivity contribution in [3.63, 3.8) is 0 Å². The number of rotatable bonds is 3. The first-order chi connectivity index (χ1) is 10.6. The summed E-state index contributed by atoms with van der Waals surface area (Å²) in [6, 6.07) is 2.56. The van der Waals surface area contributed by atoms with E-state index < -0.39 is 0 Å². The minimum atomic E-state index is 0.668. The van der Waals surface area contributed by atoms with E-state index in [1.807, 2.05) is 6.07 Å². The Hall–Kier alpha value is -1.46. The molecule has 0 radical (unpaired) electrons. The largest absolute Gasteiger partial charge is 0.493 e. The zero-order valence-electron chi connectivity index (χ0n) is 13.9. The highest BCUT2D eigenvalue weighted by Crippen LogP contribution is 2.40. The summed E-state index contributed by atoms with van der Waals surface area (Å²) >= 11 is 0. The molecule has 3 rings (SSSR count). The van der Waals surface area contributed by atoms with Crippen LogP contribution in [0.2, 0.25) is 0 Å². The topological polar surface area (TPSA) is 51.0 Å². The fraction of sp³-hybridized carbons (Fsp3) is 0.647. The minimum absolute atomic E-state index is 0.668. The molecule has 2 N–H and O–H groups in total. The smallest absolute Gasteiger partial charge is 0.165 e. The number of likely N-dealkylation sites (tertiary alicyclic amines) is 1. The Balaban J connectivity index is 1.86. The van der Waals surface area contributed by atoms with E-state index in [1.54, 1.807) is 14.2 Å². The summed E-state index contributed by atoms with van der Waals surface area (Å²) in [5.41, 5.74) is 9.50. The molecule has 0 bridgehead atoms. The van der Waals surface area contributed by atoms with E-state index in [0.717, 1.165) is 36.7 Å². The Morgan fingerprint density at radius 2 is 1.82 bits per heavy atom. The third-order valence-corrected chi connectivity index (χ3v) is 5.14. The third-order valence-electron chi connectivity index (χ3n) is 5.14. The maximum absolute atomic E-state index is 6.22. The monoisotopic (exact) mass is 305 g/mol. The quantitative estimate of drug-likeness (QED) is 0.862. The van der Waals surface area contributed by atoms with Crippen LogP contribution in [0.15, 0.2) is 6.07 Å². The molecule has 22 heavy (non-hydrogen) atoms. The molecule has 2 aliphatic heterocycles. The number of ether oxygens (including phenoxy) is 2. The third kappa shape index (κ3) is 2.75. The van der Waals surface area contributed by atoms with E-state index in [4.69, 9.17) is 15.2 Å². The van der Waals surface area contributed by atoms with Crippen LogP contribution in [0.3, 0.4) is 0 Å². The van der Waals surface area contributed by atoms with Gasteiger partial charge in [-0.1, -0.05) is 0 Å². The van der Waals surface area contributed by atoms with Crippen molar-refractivity contribution in [3.05, 3.63) is 17.2 Å². The first-order valence-electron chi connectivity index (χ1n) is 8.08. The predicted molar refractivity (Wildman–Crippen MR) is 88.6 cm³/mol. The molecular weight excluding hydrogens is 278 g/mol. The van der Waals surface area contributed by atoms with Gasteiger partial charge in [-0.15, -0.1) is 0 Å². The Morgan fingerprint density at radius 1 is 1.09 bits per heavy atom. The standard InChI is InChI=1S/C17H27N3O2/c1-19-7-4-12(5-8-19)20-9-6-13-14(11-20)17(22-3)16(21-2)10-15(13)18/h10,12H,4-9,11,18H2,1-3H3. The molecule has 1 aromatic carbocycles. The van der Waals surface area contributed by atoms with Crippen LogP contribution >= 0.6 is 0 Å². The van der Waals surface area contributed by atoms with Gasteiger partial charge in [-0.3, -0.25) is 4.90 Å². The molecule has 0 aliphatic carbocycles. The highest BCUT2D eigenvalue weighted by Gasteiger charge is 2.30. The number of methoxy groups -OCH3 is 2. The Labute approximate surface area is 133 Å². The van der Waals surface area contributed by atoms with E-state index >= 15 is 0 Å². The van der Waals surface area contributed by atoms with Crippen molar-refractivity contribution in [2.24, 2.45) is 0 Å². The number of benzene rings is 1. The molecule has 0 unspecified atom stereocenters. The normalized spacial score (nSPS) is 20.7. The van der Waals surface area contributed by atoms with E-state index in [1.165, 1.54) is 37.1 Å². The average Bonchev–Trinajstić information content (AvgIpc) is 2.55. The van der Waals surface area contributed by atoms with Gasteiger partial charge in [0.2, 0.25) is 0 Å². The molecule has 2 heterocycles. The highest BCUT2D eigenvalue weighted by atomic mass is 16.5. The first kappa shape index (κ1) is 15.4. The summed E-state index contributed by atoms with van der Waals surface area (Å²) < 4.78 is 11.1. The van der Waals surface area contributed by atoms with Gasteiger partial charge in [-0.2, -0.15) is 0 Å². The number of fused-ring (bicyclic) bond motifs is 1. The zero-order valence-corrected chi connectivity index (χ0v) is 13.9. The van der Waals surface area contributed by atoms with Crippen LogP contribution in [0.1, 0.15) is 24.0 Å². The number of hydrogen-bond donors (Lipinski definition) is 1. The average molecular weight is 305 g/mol. The lowest BCUT2D eigenvalue weighted by molar-refractivity contribution is 0.108. The van der Waals surface area contributed by atoms with Crippen LogP contribution in [0.25, 0.3) is 0 Å². The van der Waals surface area contributed by atoms with Crippen molar-refractivity contribution < 1.29 is 9.47 Å². The van der Waals surface area contributed by atoms with Gasteiger partial charge in [0.05, 0.1) is 14.2 Å². The maximum Gasteiger partial charge on any atom is 0.165 e. The second-order valence-electron chi connectivity index (χ2n) is 6.41. The van der Waals surface area contributed by atoms with Crippen LogP contribution in [-0.4, -0.2) is 56.7 Å². The molecule has 0 amide bonds. The molecule has 0 spiro atoms. The van der Waals surface area contributed by atoms with Crippen LogP contribution in [0.5, 0.6) is 11.5 Å². The summed E-state index contributed by atoms with van der Waals surface area (Å²) in [6.45, 7) is 4.37. The van der Waals surface area contributed by atoms with E-state index in [2.05, 4.69) is 16.8 Å². The van der Waals surface area contributed by atoms with Gasteiger partial charge in [0.1, 0.15) is 0 Å². The molecule has 0 saturated carbocycles. The lowest BCUT2D eigenvalue weighted by Crippen LogP contribution is -2.45. The number of hydrogen-bond acceptors (Lipinski definition) is 5. The van der Waals surface area contributed by atoms with Crippen LogP contribution in [0.4, 0.5) is 5.69 Å². The molecule has 1 saturated heterocycles. The number of anilines is 1. The summed E-state index contributed by atoms with van der Waals surface area (Å²) in [6.07, 6.45) is 3.48.